The summed E-state index contributed by atoms with van der Waals surface area (Å²) in [5, 5.41) is 2.74. The number of ether oxygens (including phenoxy) is 2. The van der Waals surface area contributed by atoms with Gasteiger partial charge in [-0.15, -0.1) is 0 Å². The Morgan fingerprint density at radius 3 is 1.85 bits per heavy atom. The van der Waals surface area contributed by atoms with Crippen molar-refractivity contribution in [3.63, 3.8) is 0 Å². The molecule has 0 unspecified atom stereocenters. The maximum absolute atomic E-state index is 13.4. The van der Waals surface area contributed by atoms with E-state index in [0.717, 1.165) is 0 Å². The topological polar surface area (TPSA) is 88.2 Å². The summed E-state index contributed by atoms with van der Waals surface area (Å²) in [5.41, 5.74) is 2.85. The van der Waals surface area contributed by atoms with Crippen molar-refractivity contribution in [2.45, 2.75) is 10.9 Å². The third-order valence-electron chi connectivity index (χ3n) is 7.07. The number of nitrogens with zero attached hydrogens (tertiary/aromatic N) is 2. The van der Waals surface area contributed by atoms with Crippen LogP contribution in [0.2, 0.25) is 0 Å². The van der Waals surface area contributed by atoms with Crippen LogP contribution in [0.15, 0.2) is 114 Å². The van der Waals surface area contributed by atoms with Crippen LogP contribution in [0.25, 0.3) is 0 Å². The van der Waals surface area contributed by atoms with Crippen molar-refractivity contribution < 1.29 is 22.7 Å². The summed E-state index contributed by atoms with van der Waals surface area (Å²) in [6, 6.07) is 33.9. The molecule has 9 heteroatoms. The van der Waals surface area contributed by atoms with E-state index in [-0.39, 0.29) is 23.5 Å². The molecule has 1 N–H and O–H groups in total. The van der Waals surface area contributed by atoms with E-state index in [2.05, 4.69) is 34.5 Å². The standard InChI is InChI=1S/C32H33N3O5S/c1-39-29-14-8-9-15-30(29)40-24-31(36)33-27-16-18-28(19-17-27)41(37,38)35-22-20-34(21-23-35)32(25-10-4-2-5-11-25)26-12-6-3-7-13-26/h2-19,32H,20-24H2,1H3,(H,33,36). The largest absolute Gasteiger partial charge is 0.493 e. The fourth-order valence-corrected chi connectivity index (χ4v) is 6.45. The van der Waals surface area contributed by atoms with Gasteiger partial charge in [-0.1, -0.05) is 72.8 Å². The Labute approximate surface area is 241 Å². The molecule has 8 nitrogen and oxygen atoms in total. The molecule has 4 aromatic rings. The van der Waals surface area contributed by atoms with Gasteiger partial charge in [-0.3, -0.25) is 9.69 Å². The first-order valence-corrected chi connectivity index (χ1v) is 14.9. The summed E-state index contributed by atoms with van der Waals surface area (Å²) in [5.74, 6) is 0.630. The Hall–Kier alpha value is -4.18. The summed E-state index contributed by atoms with van der Waals surface area (Å²) in [4.78, 5) is 14.9. The first-order valence-electron chi connectivity index (χ1n) is 13.5. The normalized spacial score (nSPS) is 14.5. The Bertz CT molecular complexity index is 1500. The third kappa shape index (κ3) is 6.77. The first kappa shape index (κ1) is 28.4. The van der Waals surface area contributed by atoms with Crippen LogP contribution in [0, 0.1) is 0 Å². The molecule has 1 aliphatic heterocycles. The molecule has 0 spiro atoms. The number of piperazine rings is 1. The monoisotopic (exact) mass is 571 g/mol. The minimum atomic E-state index is -3.68. The zero-order valence-electron chi connectivity index (χ0n) is 22.8. The highest BCUT2D eigenvalue weighted by atomic mass is 32.2. The lowest BCUT2D eigenvalue weighted by Crippen LogP contribution is -2.49. The Morgan fingerprint density at radius 2 is 1.29 bits per heavy atom. The molecule has 0 radical (unpaired) electrons. The minimum absolute atomic E-state index is 0.0529. The maximum Gasteiger partial charge on any atom is 0.262 e. The molecular formula is C32H33N3O5S. The number of anilines is 1. The number of carbonyl (C=O) groups excluding carboxylic acids is 1. The van der Waals surface area contributed by atoms with Crippen LogP contribution < -0.4 is 14.8 Å². The number of methoxy groups -OCH3 is 1. The van der Waals surface area contributed by atoms with Gasteiger partial charge in [0, 0.05) is 31.9 Å². The summed E-state index contributed by atoms with van der Waals surface area (Å²) >= 11 is 0. The molecule has 1 fully saturated rings. The quantitative estimate of drug-likeness (QED) is 0.294. The molecule has 0 saturated carbocycles. The van der Waals surface area contributed by atoms with Gasteiger partial charge in [-0.2, -0.15) is 4.31 Å². The van der Waals surface area contributed by atoms with Crippen molar-refractivity contribution in [1.29, 1.82) is 0 Å². The number of benzene rings is 4. The molecule has 4 aromatic carbocycles. The second-order valence-corrected chi connectivity index (χ2v) is 11.6. The van der Waals surface area contributed by atoms with Gasteiger partial charge in [0.15, 0.2) is 18.1 Å². The van der Waals surface area contributed by atoms with Crippen LogP contribution in [-0.4, -0.2) is 63.4 Å². The summed E-state index contributed by atoms with van der Waals surface area (Å²) in [7, 11) is -2.15. The highest BCUT2D eigenvalue weighted by Crippen LogP contribution is 2.31. The van der Waals surface area contributed by atoms with Gasteiger partial charge in [0.2, 0.25) is 10.0 Å². The lowest BCUT2D eigenvalue weighted by molar-refractivity contribution is -0.118. The Balaban J connectivity index is 1.20. The number of rotatable bonds is 10. The van der Waals surface area contributed by atoms with E-state index >= 15 is 0 Å². The van der Waals surface area contributed by atoms with Crippen LogP contribution >= 0.6 is 0 Å². The highest BCUT2D eigenvalue weighted by molar-refractivity contribution is 7.89. The number of sulfonamides is 1. The van der Waals surface area contributed by atoms with Crippen LogP contribution in [0.5, 0.6) is 11.5 Å². The second-order valence-electron chi connectivity index (χ2n) is 9.68. The van der Waals surface area contributed by atoms with Crippen LogP contribution in [0.4, 0.5) is 5.69 Å². The molecule has 0 aliphatic carbocycles. The summed E-state index contributed by atoms with van der Waals surface area (Å²) < 4.78 is 39.2. The zero-order valence-corrected chi connectivity index (χ0v) is 23.7. The number of carbonyl (C=O) groups is 1. The molecular weight excluding hydrogens is 538 g/mol. The molecule has 5 rings (SSSR count). The van der Waals surface area contributed by atoms with E-state index in [1.54, 1.807) is 30.3 Å². The maximum atomic E-state index is 13.4. The Morgan fingerprint density at radius 1 is 0.756 bits per heavy atom. The predicted octanol–water partition coefficient (Wildman–Crippen LogP) is 4.81. The van der Waals surface area contributed by atoms with Crippen molar-refractivity contribution in [3.8, 4) is 11.5 Å². The fourth-order valence-electron chi connectivity index (χ4n) is 5.02. The molecule has 212 valence electrons. The molecule has 1 aliphatic rings. The smallest absolute Gasteiger partial charge is 0.262 e. The van der Waals surface area contributed by atoms with Gasteiger partial charge in [-0.25, -0.2) is 8.42 Å². The molecule has 1 saturated heterocycles. The molecule has 41 heavy (non-hydrogen) atoms. The zero-order chi connectivity index (χ0) is 28.7. The van der Waals surface area contributed by atoms with Gasteiger partial charge >= 0.3 is 0 Å². The lowest BCUT2D eigenvalue weighted by atomic mass is 9.96. The number of amides is 1. The van der Waals surface area contributed by atoms with Gasteiger partial charge in [-0.05, 0) is 47.5 Å². The number of hydrogen-bond donors (Lipinski definition) is 1. The van der Waals surface area contributed by atoms with Gasteiger partial charge in [0.1, 0.15) is 0 Å². The van der Waals surface area contributed by atoms with Gasteiger partial charge in [0.05, 0.1) is 18.0 Å². The SMILES string of the molecule is COc1ccccc1OCC(=O)Nc1ccc(S(=O)(=O)N2CCN(C(c3ccccc3)c3ccccc3)CC2)cc1. The van der Waals surface area contributed by atoms with Crippen LogP contribution in [0.3, 0.4) is 0 Å². The van der Waals surface area contributed by atoms with Crippen LogP contribution in [0.1, 0.15) is 17.2 Å². The summed E-state index contributed by atoms with van der Waals surface area (Å²) in [6.07, 6.45) is 0. The number of hydrogen-bond acceptors (Lipinski definition) is 6. The third-order valence-corrected chi connectivity index (χ3v) is 8.99. The molecule has 0 aromatic heterocycles. The van der Waals surface area contributed by atoms with Crippen molar-refractivity contribution >= 4 is 21.6 Å². The van der Waals surface area contributed by atoms with E-state index in [1.165, 1.54) is 34.7 Å². The average Bonchev–Trinajstić information content (AvgIpc) is 3.02. The van der Waals surface area contributed by atoms with Gasteiger partial charge < -0.3 is 14.8 Å². The predicted molar refractivity (Wildman–Crippen MR) is 159 cm³/mol. The van der Waals surface area contributed by atoms with E-state index < -0.39 is 10.0 Å². The van der Waals surface area contributed by atoms with E-state index in [9.17, 15) is 13.2 Å². The average molecular weight is 572 g/mol. The Kier molecular flexibility index (Phi) is 8.98. The van der Waals surface area contributed by atoms with E-state index in [4.69, 9.17) is 9.47 Å². The number of nitrogens with one attached hydrogen (secondary N) is 1. The molecule has 1 heterocycles. The fraction of sp³-hybridized carbons (Fsp3) is 0.219. The minimum Gasteiger partial charge on any atom is -0.493 e. The second kappa shape index (κ2) is 13.0. The van der Waals surface area contributed by atoms with E-state index in [0.29, 0.717) is 43.4 Å². The van der Waals surface area contributed by atoms with E-state index in [1.807, 2.05) is 42.5 Å². The first-order chi connectivity index (χ1) is 20.0. The van der Waals surface area contributed by atoms with Crippen molar-refractivity contribution in [1.82, 2.24) is 9.21 Å². The highest BCUT2D eigenvalue weighted by Gasteiger charge is 2.32. The van der Waals surface area contributed by atoms with Crippen molar-refractivity contribution in [2.24, 2.45) is 0 Å². The van der Waals surface area contributed by atoms with Crippen molar-refractivity contribution in [2.75, 3.05) is 45.2 Å². The van der Waals surface area contributed by atoms with Gasteiger partial charge in [0.25, 0.3) is 5.91 Å². The molecule has 0 atom stereocenters. The number of para-hydroxylation sites is 2. The molecule has 1 amide bonds. The molecule has 0 bridgehead atoms. The van der Waals surface area contributed by atoms with Crippen molar-refractivity contribution in [3.05, 3.63) is 120 Å². The summed E-state index contributed by atoms with van der Waals surface area (Å²) in [6.45, 7) is 1.77. The lowest BCUT2D eigenvalue weighted by Gasteiger charge is -2.39. The van der Waals surface area contributed by atoms with Crippen LogP contribution in [-0.2, 0) is 14.8 Å².